The summed E-state index contributed by atoms with van der Waals surface area (Å²) in [5, 5.41) is 5.57. The van der Waals surface area contributed by atoms with Gasteiger partial charge in [0.15, 0.2) is 0 Å². The van der Waals surface area contributed by atoms with Crippen molar-refractivity contribution < 1.29 is 9.26 Å². The second kappa shape index (κ2) is 8.01. The number of rotatable bonds is 6. The first kappa shape index (κ1) is 20.3. The fourth-order valence-corrected chi connectivity index (χ4v) is 5.57. The third-order valence-corrected chi connectivity index (χ3v) is 7.01. The maximum atomic E-state index is 6.68. The number of nitrogens with zero attached hydrogens (tertiary/aromatic N) is 1. The predicted octanol–water partition coefficient (Wildman–Crippen LogP) is 7.65. The average Bonchev–Trinajstić information content (AvgIpc) is 3.40. The minimum atomic E-state index is -0.0727. The Morgan fingerprint density at radius 3 is 2.36 bits per heavy atom. The van der Waals surface area contributed by atoms with E-state index in [0.717, 1.165) is 54.7 Å². The SMILES string of the molecule is CCC1(OCc2c(-c3c(Cl)cccc3Cl)noc2C2CC2)CC(C)C[C@@H](C)C1. The molecule has 0 spiro atoms. The molecule has 0 N–H and O–H groups in total. The molecule has 0 bridgehead atoms. The quantitative estimate of drug-likeness (QED) is 0.480. The van der Waals surface area contributed by atoms with E-state index in [2.05, 4.69) is 25.9 Å². The van der Waals surface area contributed by atoms with Gasteiger partial charge >= 0.3 is 0 Å². The van der Waals surface area contributed by atoms with E-state index in [1.54, 1.807) is 0 Å². The molecular formula is C23H29Cl2NO2. The molecule has 152 valence electrons. The Labute approximate surface area is 177 Å². The van der Waals surface area contributed by atoms with E-state index in [0.29, 0.717) is 34.4 Å². The van der Waals surface area contributed by atoms with Crippen LogP contribution in [0, 0.1) is 11.8 Å². The molecule has 4 rings (SSSR count). The molecule has 2 aliphatic carbocycles. The molecule has 28 heavy (non-hydrogen) atoms. The Hall–Kier alpha value is -1.03. The van der Waals surface area contributed by atoms with Crippen LogP contribution in [0.4, 0.5) is 0 Å². The molecule has 0 aliphatic heterocycles. The van der Waals surface area contributed by atoms with Crippen LogP contribution < -0.4 is 0 Å². The van der Waals surface area contributed by atoms with Gasteiger partial charge in [0, 0.05) is 17.0 Å². The molecule has 2 saturated carbocycles. The highest BCUT2D eigenvalue weighted by atomic mass is 35.5. The van der Waals surface area contributed by atoms with E-state index >= 15 is 0 Å². The molecule has 2 unspecified atom stereocenters. The van der Waals surface area contributed by atoms with E-state index < -0.39 is 0 Å². The minimum absolute atomic E-state index is 0.0727. The number of halogens is 2. The molecule has 0 amide bonds. The predicted molar refractivity (Wildman–Crippen MR) is 114 cm³/mol. The first-order valence-corrected chi connectivity index (χ1v) is 11.2. The maximum absolute atomic E-state index is 6.68. The van der Waals surface area contributed by atoms with E-state index in [4.69, 9.17) is 32.5 Å². The summed E-state index contributed by atoms with van der Waals surface area (Å²) in [5.41, 5.74) is 2.43. The summed E-state index contributed by atoms with van der Waals surface area (Å²) >= 11 is 13.0. The lowest BCUT2D eigenvalue weighted by Gasteiger charge is -2.42. The van der Waals surface area contributed by atoms with Gasteiger partial charge in [-0.05, 0) is 62.5 Å². The van der Waals surface area contributed by atoms with Crippen LogP contribution in [0.1, 0.15) is 76.5 Å². The fourth-order valence-electron chi connectivity index (χ4n) is 4.99. The molecule has 0 saturated heterocycles. The molecule has 2 fully saturated rings. The van der Waals surface area contributed by atoms with Crippen molar-refractivity contribution in [1.82, 2.24) is 5.16 Å². The summed E-state index contributed by atoms with van der Waals surface area (Å²) in [4.78, 5) is 0. The Kier molecular flexibility index (Phi) is 5.79. The van der Waals surface area contributed by atoms with E-state index in [-0.39, 0.29) is 5.60 Å². The topological polar surface area (TPSA) is 35.3 Å². The van der Waals surface area contributed by atoms with E-state index in [1.165, 1.54) is 6.42 Å². The van der Waals surface area contributed by atoms with Crippen molar-refractivity contribution in [3.8, 4) is 11.3 Å². The number of hydrogen-bond acceptors (Lipinski definition) is 3. The van der Waals surface area contributed by atoms with Crippen molar-refractivity contribution in [1.29, 1.82) is 0 Å². The van der Waals surface area contributed by atoms with E-state index in [1.807, 2.05) is 18.2 Å². The second-order valence-corrected chi connectivity index (χ2v) is 9.74. The van der Waals surface area contributed by atoms with Gasteiger partial charge in [-0.3, -0.25) is 0 Å². The van der Waals surface area contributed by atoms with Crippen LogP contribution in [0.5, 0.6) is 0 Å². The fraction of sp³-hybridized carbons (Fsp3) is 0.609. The lowest BCUT2D eigenvalue weighted by molar-refractivity contribution is -0.105. The van der Waals surface area contributed by atoms with Gasteiger partial charge in [0.25, 0.3) is 0 Å². The molecule has 1 heterocycles. The standard InChI is InChI=1S/C23H29Cl2NO2/c1-4-23(11-14(2)10-15(3)12-23)27-13-17-21(26-28-22(17)16-8-9-16)20-18(24)6-5-7-19(20)25/h5-7,14-16H,4,8-13H2,1-3H3/t14-,15?,23?/m1/s1. The van der Waals surface area contributed by atoms with Gasteiger partial charge in [-0.1, -0.05) is 55.2 Å². The minimum Gasteiger partial charge on any atom is -0.370 e. The monoisotopic (exact) mass is 421 g/mol. The zero-order valence-corrected chi connectivity index (χ0v) is 18.4. The van der Waals surface area contributed by atoms with Gasteiger partial charge in [-0.2, -0.15) is 0 Å². The highest BCUT2D eigenvalue weighted by Crippen LogP contribution is 2.47. The summed E-state index contributed by atoms with van der Waals surface area (Å²) < 4.78 is 12.5. The van der Waals surface area contributed by atoms with Gasteiger partial charge < -0.3 is 9.26 Å². The van der Waals surface area contributed by atoms with Crippen molar-refractivity contribution in [2.45, 2.75) is 77.4 Å². The third kappa shape index (κ3) is 3.99. The molecule has 3 nitrogen and oxygen atoms in total. The Bertz CT molecular complexity index is 813. The van der Waals surface area contributed by atoms with Crippen molar-refractivity contribution >= 4 is 23.2 Å². The molecular weight excluding hydrogens is 393 g/mol. The Balaban J connectivity index is 1.66. The van der Waals surface area contributed by atoms with Gasteiger partial charge in [0.2, 0.25) is 0 Å². The Morgan fingerprint density at radius 1 is 1.14 bits per heavy atom. The molecule has 1 aromatic carbocycles. The molecule has 2 aliphatic rings. The zero-order valence-electron chi connectivity index (χ0n) is 16.9. The molecule has 5 heteroatoms. The average molecular weight is 422 g/mol. The van der Waals surface area contributed by atoms with Crippen LogP contribution >= 0.6 is 23.2 Å². The van der Waals surface area contributed by atoms with Gasteiger partial charge in [-0.15, -0.1) is 0 Å². The zero-order chi connectivity index (χ0) is 19.9. The molecule has 1 aromatic heterocycles. The molecule has 0 radical (unpaired) electrons. The highest BCUT2D eigenvalue weighted by Gasteiger charge is 2.39. The summed E-state index contributed by atoms with van der Waals surface area (Å²) in [6, 6.07) is 5.54. The third-order valence-electron chi connectivity index (χ3n) is 6.38. The number of benzene rings is 1. The highest BCUT2D eigenvalue weighted by molar-refractivity contribution is 6.39. The van der Waals surface area contributed by atoms with Gasteiger partial charge in [0.05, 0.1) is 22.3 Å². The summed E-state index contributed by atoms with van der Waals surface area (Å²) in [7, 11) is 0. The normalized spacial score (nSPS) is 27.9. The lowest BCUT2D eigenvalue weighted by atomic mass is 9.72. The first-order valence-electron chi connectivity index (χ1n) is 10.5. The molecule has 3 atom stereocenters. The number of aromatic nitrogens is 1. The summed E-state index contributed by atoms with van der Waals surface area (Å²) in [6.45, 7) is 7.42. The van der Waals surface area contributed by atoms with Crippen LogP contribution in [-0.2, 0) is 11.3 Å². The first-order chi connectivity index (χ1) is 13.4. The maximum Gasteiger partial charge on any atom is 0.145 e. The summed E-state index contributed by atoms with van der Waals surface area (Å²) in [5.74, 6) is 2.77. The lowest BCUT2D eigenvalue weighted by Crippen LogP contribution is -2.40. The Morgan fingerprint density at radius 2 is 1.79 bits per heavy atom. The number of ether oxygens (including phenoxy) is 1. The van der Waals surface area contributed by atoms with Crippen LogP contribution in [0.25, 0.3) is 11.3 Å². The number of hydrogen-bond donors (Lipinski definition) is 0. The van der Waals surface area contributed by atoms with Gasteiger partial charge in [-0.25, -0.2) is 0 Å². The van der Waals surface area contributed by atoms with Crippen LogP contribution in [0.15, 0.2) is 22.7 Å². The van der Waals surface area contributed by atoms with Gasteiger partial charge in [0.1, 0.15) is 11.5 Å². The smallest absolute Gasteiger partial charge is 0.145 e. The van der Waals surface area contributed by atoms with Crippen molar-refractivity contribution in [2.75, 3.05) is 0 Å². The van der Waals surface area contributed by atoms with Crippen molar-refractivity contribution in [3.63, 3.8) is 0 Å². The molecule has 2 aromatic rings. The van der Waals surface area contributed by atoms with Crippen LogP contribution in [-0.4, -0.2) is 10.8 Å². The summed E-state index contributed by atoms with van der Waals surface area (Å²) in [6.07, 6.45) is 6.82. The van der Waals surface area contributed by atoms with E-state index in [9.17, 15) is 0 Å². The second-order valence-electron chi connectivity index (χ2n) is 8.92. The largest absolute Gasteiger partial charge is 0.370 e. The van der Waals surface area contributed by atoms with Crippen LogP contribution in [0.2, 0.25) is 10.0 Å². The van der Waals surface area contributed by atoms with Crippen molar-refractivity contribution in [2.24, 2.45) is 11.8 Å². The van der Waals surface area contributed by atoms with Crippen LogP contribution in [0.3, 0.4) is 0 Å². The van der Waals surface area contributed by atoms with Crippen molar-refractivity contribution in [3.05, 3.63) is 39.6 Å².